The van der Waals surface area contributed by atoms with Crippen LogP contribution < -0.4 is 9.47 Å². The molecule has 1 amide bonds. The van der Waals surface area contributed by atoms with Gasteiger partial charge in [0.25, 0.3) is 5.91 Å². The van der Waals surface area contributed by atoms with E-state index in [1.54, 1.807) is 24.5 Å². The fourth-order valence-electron chi connectivity index (χ4n) is 3.43. The molecule has 6 heteroatoms. The van der Waals surface area contributed by atoms with Gasteiger partial charge in [-0.2, -0.15) is 0 Å². The van der Waals surface area contributed by atoms with Crippen molar-refractivity contribution in [2.24, 2.45) is 0 Å². The second-order valence-corrected chi connectivity index (χ2v) is 7.30. The molecule has 2 aromatic carbocycles. The standard InChI is InChI=1S/C24H25N3O3/c1-2-18-15-25-24(26-16-18)30-22-9-6-14-27(17-22)23(28)19-10-12-21(13-11-19)29-20-7-4-3-5-8-20/h3-5,7-8,10-13,15-16,22H,2,6,9,14,17H2,1H3. The van der Waals surface area contributed by atoms with E-state index in [2.05, 4.69) is 16.9 Å². The zero-order valence-electron chi connectivity index (χ0n) is 17.0. The number of benzene rings is 2. The van der Waals surface area contributed by atoms with Crippen molar-refractivity contribution < 1.29 is 14.3 Å². The molecule has 1 aliphatic rings. The number of carbonyl (C=O) groups excluding carboxylic acids is 1. The number of rotatable bonds is 6. The Kier molecular flexibility index (Phi) is 6.23. The molecule has 4 rings (SSSR count). The Morgan fingerprint density at radius 2 is 1.73 bits per heavy atom. The number of ether oxygens (including phenoxy) is 2. The number of aromatic nitrogens is 2. The van der Waals surface area contributed by atoms with Gasteiger partial charge in [0.1, 0.15) is 17.6 Å². The van der Waals surface area contributed by atoms with E-state index in [4.69, 9.17) is 9.47 Å². The van der Waals surface area contributed by atoms with Crippen molar-refractivity contribution in [3.05, 3.63) is 78.1 Å². The monoisotopic (exact) mass is 403 g/mol. The summed E-state index contributed by atoms with van der Waals surface area (Å²) in [7, 11) is 0. The molecule has 1 saturated heterocycles. The average molecular weight is 403 g/mol. The van der Waals surface area contributed by atoms with E-state index in [0.29, 0.717) is 23.9 Å². The van der Waals surface area contributed by atoms with Crippen LogP contribution in [-0.4, -0.2) is 40.0 Å². The fraction of sp³-hybridized carbons (Fsp3) is 0.292. The molecule has 154 valence electrons. The summed E-state index contributed by atoms with van der Waals surface area (Å²) in [6, 6.07) is 17.2. The van der Waals surface area contributed by atoms with Crippen molar-refractivity contribution in [1.29, 1.82) is 0 Å². The van der Waals surface area contributed by atoms with Gasteiger partial charge in [0.05, 0.1) is 6.54 Å². The Balaban J connectivity index is 1.36. The molecule has 0 saturated carbocycles. The summed E-state index contributed by atoms with van der Waals surface area (Å²) in [5, 5.41) is 0. The first-order chi connectivity index (χ1) is 14.7. The van der Waals surface area contributed by atoms with Crippen LogP contribution in [0.5, 0.6) is 17.5 Å². The Hall–Kier alpha value is -3.41. The fourth-order valence-corrected chi connectivity index (χ4v) is 3.43. The largest absolute Gasteiger partial charge is 0.458 e. The highest BCUT2D eigenvalue weighted by Gasteiger charge is 2.26. The van der Waals surface area contributed by atoms with Gasteiger partial charge in [-0.25, -0.2) is 9.97 Å². The lowest BCUT2D eigenvalue weighted by molar-refractivity contribution is 0.0515. The van der Waals surface area contributed by atoms with Gasteiger partial charge in [0.15, 0.2) is 0 Å². The summed E-state index contributed by atoms with van der Waals surface area (Å²) < 4.78 is 11.7. The van der Waals surface area contributed by atoms with Crippen LogP contribution >= 0.6 is 0 Å². The minimum Gasteiger partial charge on any atom is -0.458 e. The van der Waals surface area contributed by atoms with Crippen molar-refractivity contribution in [3.8, 4) is 17.5 Å². The van der Waals surface area contributed by atoms with Crippen LogP contribution in [0.25, 0.3) is 0 Å². The first-order valence-corrected chi connectivity index (χ1v) is 10.3. The quantitative estimate of drug-likeness (QED) is 0.606. The van der Waals surface area contributed by atoms with Crippen molar-refractivity contribution in [2.45, 2.75) is 32.3 Å². The van der Waals surface area contributed by atoms with Gasteiger partial charge in [0, 0.05) is 24.5 Å². The lowest BCUT2D eigenvalue weighted by Gasteiger charge is -2.32. The van der Waals surface area contributed by atoms with Crippen molar-refractivity contribution in [2.75, 3.05) is 13.1 Å². The Labute approximate surface area is 176 Å². The van der Waals surface area contributed by atoms with Gasteiger partial charge < -0.3 is 14.4 Å². The van der Waals surface area contributed by atoms with Crippen LogP contribution in [0.4, 0.5) is 0 Å². The second kappa shape index (κ2) is 9.39. The SMILES string of the molecule is CCc1cnc(OC2CCCN(C(=O)c3ccc(Oc4ccccc4)cc3)C2)nc1. The van der Waals surface area contributed by atoms with E-state index in [1.165, 1.54) is 0 Å². The first kappa shape index (κ1) is 19.9. The molecule has 1 atom stereocenters. The van der Waals surface area contributed by atoms with Crippen LogP contribution in [0.3, 0.4) is 0 Å². The molecular weight excluding hydrogens is 378 g/mol. The molecule has 1 unspecified atom stereocenters. The van der Waals surface area contributed by atoms with Crippen molar-refractivity contribution >= 4 is 5.91 Å². The predicted octanol–water partition coefficient (Wildman–Crippen LogP) is 4.51. The van der Waals surface area contributed by atoms with Crippen LogP contribution in [0.2, 0.25) is 0 Å². The number of likely N-dealkylation sites (tertiary alicyclic amines) is 1. The number of piperidine rings is 1. The molecule has 1 fully saturated rings. The number of amides is 1. The third-order valence-corrected chi connectivity index (χ3v) is 5.11. The van der Waals surface area contributed by atoms with Crippen LogP contribution in [0.15, 0.2) is 67.0 Å². The second-order valence-electron chi connectivity index (χ2n) is 7.30. The minimum atomic E-state index is -0.101. The van der Waals surface area contributed by atoms with Gasteiger partial charge in [-0.1, -0.05) is 25.1 Å². The zero-order valence-corrected chi connectivity index (χ0v) is 17.0. The summed E-state index contributed by atoms with van der Waals surface area (Å²) >= 11 is 0. The molecule has 6 nitrogen and oxygen atoms in total. The predicted molar refractivity (Wildman–Crippen MR) is 114 cm³/mol. The van der Waals surface area contributed by atoms with E-state index in [-0.39, 0.29) is 12.0 Å². The highest BCUT2D eigenvalue weighted by Crippen LogP contribution is 2.23. The molecule has 3 aromatic rings. The van der Waals surface area contributed by atoms with E-state index >= 15 is 0 Å². The molecular formula is C24H25N3O3. The van der Waals surface area contributed by atoms with E-state index < -0.39 is 0 Å². The first-order valence-electron chi connectivity index (χ1n) is 10.3. The Morgan fingerprint density at radius 1 is 1.03 bits per heavy atom. The number of hydrogen-bond acceptors (Lipinski definition) is 5. The van der Waals surface area contributed by atoms with Gasteiger partial charge >= 0.3 is 6.01 Å². The number of aryl methyl sites for hydroxylation is 1. The third-order valence-electron chi connectivity index (χ3n) is 5.11. The molecule has 0 N–H and O–H groups in total. The number of hydrogen-bond donors (Lipinski definition) is 0. The van der Waals surface area contributed by atoms with Crippen LogP contribution in [0.1, 0.15) is 35.7 Å². The van der Waals surface area contributed by atoms with E-state index in [1.807, 2.05) is 47.4 Å². The summed E-state index contributed by atoms with van der Waals surface area (Å²) in [5.74, 6) is 1.46. The maximum absolute atomic E-state index is 12.9. The molecule has 30 heavy (non-hydrogen) atoms. The molecule has 1 aliphatic heterocycles. The maximum Gasteiger partial charge on any atom is 0.316 e. The lowest BCUT2D eigenvalue weighted by atomic mass is 10.1. The number of nitrogens with zero attached hydrogens (tertiary/aromatic N) is 3. The normalized spacial score (nSPS) is 16.2. The van der Waals surface area contributed by atoms with Gasteiger partial charge in [-0.15, -0.1) is 0 Å². The summed E-state index contributed by atoms with van der Waals surface area (Å²) in [4.78, 5) is 23.3. The molecule has 0 bridgehead atoms. The van der Waals surface area contributed by atoms with Crippen LogP contribution in [-0.2, 0) is 6.42 Å². The highest BCUT2D eigenvalue weighted by atomic mass is 16.5. The summed E-state index contributed by atoms with van der Waals surface area (Å²) in [6.07, 6.45) is 6.13. The van der Waals surface area contributed by atoms with Gasteiger partial charge in [0.2, 0.25) is 0 Å². The number of carbonyl (C=O) groups is 1. The lowest BCUT2D eigenvalue weighted by Crippen LogP contribution is -2.44. The Morgan fingerprint density at radius 3 is 2.43 bits per heavy atom. The van der Waals surface area contributed by atoms with Crippen LogP contribution in [0, 0.1) is 0 Å². The maximum atomic E-state index is 12.9. The number of para-hydroxylation sites is 1. The summed E-state index contributed by atoms with van der Waals surface area (Å²) in [6.45, 7) is 3.31. The third kappa shape index (κ3) is 4.95. The minimum absolute atomic E-state index is 0.00295. The summed E-state index contributed by atoms with van der Waals surface area (Å²) in [5.41, 5.74) is 1.71. The van der Waals surface area contributed by atoms with Gasteiger partial charge in [-0.05, 0) is 61.2 Å². The van der Waals surface area contributed by atoms with Crippen molar-refractivity contribution in [3.63, 3.8) is 0 Å². The highest BCUT2D eigenvalue weighted by molar-refractivity contribution is 5.94. The van der Waals surface area contributed by atoms with Crippen molar-refractivity contribution in [1.82, 2.24) is 14.9 Å². The molecule has 0 radical (unpaired) electrons. The Bertz CT molecular complexity index is 959. The topological polar surface area (TPSA) is 64.5 Å². The van der Waals surface area contributed by atoms with E-state index in [0.717, 1.165) is 37.1 Å². The van der Waals surface area contributed by atoms with E-state index in [9.17, 15) is 4.79 Å². The molecule has 1 aromatic heterocycles. The molecule has 2 heterocycles. The molecule has 0 aliphatic carbocycles. The average Bonchev–Trinajstić information content (AvgIpc) is 2.80. The van der Waals surface area contributed by atoms with Gasteiger partial charge in [-0.3, -0.25) is 4.79 Å². The smallest absolute Gasteiger partial charge is 0.316 e. The zero-order chi connectivity index (χ0) is 20.8. The molecule has 0 spiro atoms.